The Morgan fingerprint density at radius 1 is 1.00 bits per heavy atom. The highest BCUT2D eigenvalue weighted by Crippen LogP contribution is 2.25. The molecule has 5 heteroatoms. The van der Waals surface area contributed by atoms with Gasteiger partial charge in [-0.15, -0.1) is 0 Å². The van der Waals surface area contributed by atoms with Gasteiger partial charge in [-0.3, -0.25) is 4.79 Å². The van der Waals surface area contributed by atoms with E-state index in [9.17, 15) is 4.79 Å². The van der Waals surface area contributed by atoms with Gasteiger partial charge in [-0.1, -0.05) is 48.5 Å². The van der Waals surface area contributed by atoms with Gasteiger partial charge >= 0.3 is 0 Å². The fourth-order valence-electron chi connectivity index (χ4n) is 2.63. The lowest BCUT2D eigenvalue weighted by atomic mass is 10.2. The number of para-hydroxylation sites is 1. The van der Waals surface area contributed by atoms with Crippen LogP contribution >= 0.6 is 0 Å². The van der Waals surface area contributed by atoms with Crippen molar-refractivity contribution in [3.05, 3.63) is 84.3 Å². The predicted molar refractivity (Wildman–Crippen MR) is 103 cm³/mol. The molecule has 0 unspecified atom stereocenters. The molecule has 0 spiro atoms. The molecule has 0 fully saturated rings. The summed E-state index contributed by atoms with van der Waals surface area (Å²) < 4.78 is 0. The summed E-state index contributed by atoms with van der Waals surface area (Å²) in [6, 6.07) is 22.0. The van der Waals surface area contributed by atoms with Crippen LogP contribution in [-0.4, -0.2) is 21.9 Å². The number of hydrogen-bond donors (Lipinski definition) is 1. The minimum absolute atomic E-state index is 0.0514. The van der Waals surface area contributed by atoms with E-state index in [-0.39, 0.29) is 11.9 Å². The van der Waals surface area contributed by atoms with Crippen molar-refractivity contribution >= 4 is 17.4 Å². The molecule has 1 aromatic heterocycles. The second kappa shape index (κ2) is 8.25. The predicted octanol–water partition coefficient (Wildman–Crippen LogP) is 3.95. The van der Waals surface area contributed by atoms with Crippen LogP contribution in [-0.2, 0) is 6.54 Å². The fourth-order valence-corrected chi connectivity index (χ4v) is 2.63. The molecule has 1 heterocycles. The van der Waals surface area contributed by atoms with E-state index < -0.39 is 0 Å². The Bertz CT molecular complexity index is 850. The van der Waals surface area contributed by atoms with Crippen molar-refractivity contribution in [3.63, 3.8) is 0 Å². The van der Waals surface area contributed by atoms with E-state index in [0.29, 0.717) is 18.1 Å². The van der Waals surface area contributed by atoms with Gasteiger partial charge in [-0.05, 0) is 31.5 Å². The number of nitrogens with zero attached hydrogens (tertiary/aromatic N) is 3. The molecule has 0 aliphatic heterocycles. The lowest BCUT2D eigenvalue weighted by Crippen LogP contribution is -2.31. The normalized spacial score (nSPS) is 10.6. The van der Waals surface area contributed by atoms with Crippen molar-refractivity contribution in [3.8, 4) is 0 Å². The topological polar surface area (TPSA) is 58.1 Å². The molecule has 26 heavy (non-hydrogen) atoms. The zero-order valence-corrected chi connectivity index (χ0v) is 15.0. The maximum Gasteiger partial charge on any atom is 0.270 e. The number of amides is 1. The SMILES string of the molecule is CC(C)NC(=O)c1cc(N(Cc2ccccc2)c2ccccc2)ncn1. The first-order valence-electron chi connectivity index (χ1n) is 8.63. The van der Waals surface area contributed by atoms with Gasteiger partial charge in [-0.2, -0.15) is 0 Å². The van der Waals surface area contributed by atoms with Crippen LogP contribution in [0.3, 0.4) is 0 Å². The smallest absolute Gasteiger partial charge is 0.270 e. The number of rotatable bonds is 6. The van der Waals surface area contributed by atoms with Crippen LogP contribution in [0.4, 0.5) is 11.5 Å². The van der Waals surface area contributed by atoms with E-state index in [1.165, 1.54) is 6.33 Å². The van der Waals surface area contributed by atoms with Gasteiger partial charge < -0.3 is 10.2 Å². The molecule has 3 rings (SSSR count). The summed E-state index contributed by atoms with van der Waals surface area (Å²) in [6.07, 6.45) is 1.44. The Kier molecular flexibility index (Phi) is 5.59. The van der Waals surface area contributed by atoms with Gasteiger partial charge in [0.05, 0.1) is 0 Å². The highest BCUT2D eigenvalue weighted by Gasteiger charge is 2.15. The van der Waals surface area contributed by atoms with E-state index in [2.05, 4.69) is 32.3 Å². The maximum absolute atomic E-state index is 12.3. The Labute approximate surface area is 153 Å². The quantitative estimate of drug-likeness (QED) is 0.734. The van der Waals surface area contributed by atoms with Gasteiger partial charge in [0.1, 0.15) is 17.8 Å². The highest BCUT2D eigenvalue weighted by molar-refractivity contribution is 5.93. The monoisotopic (exact) mass is 346 g/mol. The largest absolute Gasteiger partial charge is 0.349 e. The molecule has 3 aromatic rings. The van der Waals surface area contributed by atoms with E-state index in [0.717, 1.165) is 11.3 Å². The van der Waals surface area contributed by atoms with Crippen LogP contribution in [0, 0.1) is 0 Å². The van der Waals surface area contributed by atoms with Crippen LogP contribution in [0.2, 0.25) is 0 Å². The number of benzene rings is 2. The zero-order chi connectivity index (χ0) is 18.4. The van der Waals surface area contributed by atoms with Crippen LogP contribution in [0.5, 0.6) is 0 Å². The number of nitrogens with one attached hydrogen (secondary N) is 1. The van der Waals surface area contributed by atoms with Crippen molar-refractivity contribution < 1.29 is 4.79 Å². The minimum Gasteiger partial charge on any atom is -0.349 e. The molecule has 0 radical (unpaired) electrons. The standard InChI is InChI=1S/C21H22N4O/c1-16(2)24-21(26)19-13-20(23-15-22-19)25(18-11-7-4-8-12-18)14-17-9-5-3-6-10-17/h3-13,15-16H,14H2,1-2H3,(H,24,26). The number of aromatic nitrogens is 2. The molecule has 1 N–H and O–H groups in total. The van der Waals surface area contributed by atoms with Crippen molar-refractivity contribution in [1.82, 2.24) is 15.3 Å². The summed E-state index contributed by atoms with van der Waals surface area (Å²) in [6.45, 7) is 4.49. The van der Waals surface area contributed by atoms with E-state index in [1.54, 1.807) is 6.07 Å². The number of carbonyl (C=O) groups is 1. The second-order valence-corrected chi connectivity index (χ2v) is 6.30. The molecule has 0 bridgehead atoms. The number of anilines is 2. The Balaban J connectivity index is 1.95. The lowest BCUT2D eigenvalue weighted by molar-refractivity contribution is 0.0938. The first kappa shape index (κ1) is 17.6. The molecule has 1 amide bonds. The van der Waals surface area contributed by atoms with Crippen molar-refractivity contribution in [2.24, 2.45) is 0 Å². The third-order valence-corrected chi connectivity index (χ3v) is 3.83. The first-order valence-corrected chi connectivity index (χ1v) is 8.63. The minimum atomic E-state index is -0.198. The molecule has 0 saturated heterocycles. The van der Waals surface area contributed by atoms with Crippen molar-refractivity contribution in [2.75, 3.05) is 4.90 Å². The van der Waals surface area contributed by atoms with E-state index in [1.807, 2.05) is 62.4 Å². The van der Waals surface area contributed by atoms with E-state index in [4.69, 9.17) is 0 Å². The molecule has 5 nitrogen and oxygen atoms in total. The maximum atomic E-state index is 12.3. The molecule has 0 aliphatic carbocycles. The summed E-state index contributed by atoms with van der Waals surface area (Å²) in [7, 11) is 0. The molecule has 0 saturated carbocycles. The zero-order valence-electron chi connectivity index (χ0n) is 15.0. The number of hydrogen-bond acceptors (Lipinski definition) is 4. The third-order valence-electron chi connectivity index (χ3n) is 3.83. The molecular formula is C21H22N4O. The molecule has 2 aromatic carbocycles. The van der Waals surface area contributed by atoms with Crippen molar-refractivity contribution in [1.29, 1.82) is 0 Å². The fraction of sp³-hybridized carbons (Fsp3) is 0.190. The third kappa shape index (κ3) is 4.45. The van der Waals surface area contributed by atoms with Gasteiger partial charge in [-0.25, -0.2) is 9.97 Å². The van der Waals surface area contributed by atoms with Crippen LogP contribution in [0.15, 0.2) is 73.1 Å². The molecule has 0 atom stereocenters. The molecule has 132 valence electrons. The Hall–Kier alpha value is -3.21. The first-order chi connectivity index (χ1) is 12.6. The summed E-state index contributed by atoms with van der Waals surface area (Å²) >= 11 is 0. The average molecular weight is 346 g/mol. The summed E-state index contributed by atoms with van der Waals surface area (Å²) in [5, 5.41) is 2.87. The van der Waals surface area contributed by atoms with E-state index >= 15 is 0 Å². The summed E-state index contributed by atoms with van der Waals surface area (Å²) in [5.74, 6) is 0.486. The van der Waals surface area contributed by atoms with Gasteiger partial charge in [0.25, 0.3) is 5.91 Å². The van der Waals surface area contributed by atoms with Crippen molar-refractivity contribution in [2.45, 2.75) is 26.4 Å². The van der Waals surface area contributed by atoms with Crippen LogP contribution in [0.1, 0.15) is 29.9 Å². The van der Waals surface area contributed by atoms with Gasteiger partial charge in [0.2, 0.25) is 0 Å². The molecule has 0 aliphatic rings. The average Bonchev–Trinajstić information content (AvgIpc) is 2.67. The second-order valence-electron chi connectivity index (χ2n) is 6.30. The number of carbonyl (C=O) groups excluding carboxylic acids is 1. The van der Waals surface area contributed by atoms with Gasteiger partial charge in [0, 0.05) is 24.3 Å². The highest BCUT2D eigenvalue weighted by atomic mass is 16.1. The Morgan fingerprint density at radius 3 is 2.31 bits per heavy atom. The van der Waals surface area contributed by atoms with Gasteiger partial charge in [0.15, 0.2) is 0 Å². The summed E-state index contributed by atoms with van der Waals surface area (Å²) in [4.78, 5) is 22.9. The lowest BCUT2D eigenvalue weighted by Gasteiger charge is -2.24. The Morgan fingerprint density at radius 2 is 1.65 bits per heavy atom. The molecular weight excluding hydrogens is 324 g/mol. The van der Waals surface area contributed by atoms with Crippen LogP contribution < -0.4 is 10.2 Å². The summed E-state index contributed by atoms with van der Waals surface area (Å²) in [5.41, 5.74) is 2.52. The van der Waals surface area contributed by atoms with Crippen LogP contribution in [0.25, 0.3) is 0 Å².